The summed E-state index contributed by atoms with van der Waals surface area (Å²) in [6.07, 6.45) is 2.09. The molecule has 2 amide bonds. The van der Waals surface area contributed by atoms with Crippen LogP contribution in [0, 0.1) is 5.92 Å². The second kappa shape index (κ2) is 6.44. The quantitative estimate of drug-likeness (QED) is 0.739. The maximum atomic E-state index is 11.5. The van der Waals surface area contributed by atoms with Crippen molar-refractivity contribution in [3.63, 3.8) is 0 Å². The van der Waals surface area contributed by atoms with E-state index in [9.17, 15) is 9.59 Å². The normalized spacial score (nSPS) is 23.4. The number of urea groups is 1. The molecule has 6 heteroatoms. The second-order valence-corrected chi connectivity index (χ2v) is 4.30. The van der Waals surface area contributed by atoms with Crippen LogP contribution in [-0.4, -0.2) is 54.9 Å². The molecule has 1 aliphatic rings. The van der Waals surface area contributed by atoms with Gasteiger partial charge >= 0.3 is 12.0 Å². The van der Waals surface area contributed by atoms with Gasteiger partial charge in [0.15, 0.2) is 0 Å². The van der Waals surface area contributed by atoms with Gasteiger partial charge < -0.3 is 20.1 Å². The molecule has 0 aromatic rings. The number of carbonyl (C=O) groups is 2. The van der Waals surface area contributed by atoms with E-state index < -0.39 is 5.97 Å². The zero-order valence-corrected chi connectivity index (χ0v) is 10.3. The largest absolute Gasteiger partial charge is 0.480 e. The Morgan fingerprint density at radius 2 is 2.24 bits per heavy atom. The fraction of sp³-hybridized carbons (Fsp3) is 0.818. The number of ether oxygens (including phenoxy) is 1. The number of likely N-dealkylation sites (N-methyl/N-ethyl adjacent to an activating group) is 1. The number of nitrogens with zero attached hydrogens (tertiary/aromatic N) is 1. The Balaban J connectivity index is 2.30. The van der Waals surface area contributed by atoms with Crippen LogP contribution in [0.15, 0.2) is 0 Å². The highest BCUT2D eigenvalue weighted by Gasteiger charge is 2.27. The first-order valence-electron chi connectivity index (χ1n) is 5.87. The number of aliphatic carboxylic acids is 1. The predicted molar refractivity (Wildman–Crippen MR) is 61.8 cm³/mol. The first-order chi connectivity index (χ1) is 8.04. The number of carboxylic acids is 1. The van der Waals surface area contributed by atoms with E-state index in [2.05, 4.69) is 12.2 Å². The Morgan fingerprint density at radius 1 is 1.53 bits per heavy atom. The number of carbonyl (C=O) groups excluding carboxylic acids is 1. The van der Waals surface area contributed by atoms with Crippen LogP contribution in [0.2, 0.25) is 0 Å². The van der Waals surface area contributed by atoms with Gasteiger partial charge in [-0.15, -0.1) is 0 Å². The van der Waals surface area contributed by atoms with Crippen molar-refractivity contribution in [2.45, 2.75) is 25.9 Å². The second-order valence-electron chi connectivity index (χ2n) is 4.30. The molecule has 6 nitrogen and oxygen atoms in total. The van der Waals surface area contributed by atoms with Crippen LogP contribution in [0.1, 0.15) is 19.8 Å². The van der Waals surface area contributed by atoms with Crippen molar-refractivity contribution >= 4 is 12.0 Å². The number of rotatable bonds is 5. The highest BCUT2D eigenvalue weighted by atomic mass is 16.5. The monoisotopic (exact) mass is 244 g/mol. The van der Waals surface area contributed by atoms with Crippen molar-refractivity contribution in [1.29, 1.82) is 0 Å². The number of hydrogen-bond donors (Lipinski definition) is 2. The third kappa shape index (κ3) is 4.22. The highest BCUT2D eigenvalue weighted by molar-refractivity contribution is 5.79. The van der Waals surface area contributed by atoms with Gasteiger partial charge in [0.25, 0.3) is 0 Å². The van der Waals surface area contributed by atoms with Gasteiger partial charge in [-0.1, -0.05) is 6.92 Å². The lowest BCUT2D eigenvalue weighted by atomic mass is 10.00. The van der Waals surface area contributed by atoms with Gasteiger partial charge in [-0.3, -0.25) is 4.79 Å². The van der Waals surface area contributed by atoms with Gasteiger partial charge in [-0.2, -0.15) is 0 Å². The van der Waals surface area contributed by atoms with E-state index in [1.54, 1.807) is 0 Å². The third-order valence-corrected chi connectivity index (χ3v) is 2.98. The minimum absolute atomic E-state index is 0.208. The van der Waals surface area contributed by atoms with Crippen molar-refractivity contribution < 1.29 is 19.4 Å². The molecule has 1 fully saturated rings. The van der Waals surface area contributed by atoms with Crippen LogP contribution in [-0.2, 0) is 9.53 Å². The fourth-order valence-electron chi connectivity index (χ4n) is 2.01. The molecule has 0 saturated carbocycles. The van der Waals surface area contributed by atoms with Crippen LogP contribution >= 0.6 is 0 Å². The van der Waals surface area contributed by atoms with Crippen molar-refractivity contribution in [2.75, 3.05) is 26.7 Å². The van der Waals surface area contributed by atoms with Crippen LogP contribution in [0.3, 0.4) is 0 Å². The minimum Gasteiger partial charge on any atom is -0.480 e. The molecule has 0 spiro atoms. The molecule has 0 aliphatic carbocycles. The van der Waals surface area contributed by atoms with Gasteiger partial charge in [0.2, 0.25) is 0 Å². The zero-order valence-electron chi connectivity index (χ0n) is 10.3. The summed E-state index contributed by atoms with van der Waals surface area (Å²) >= 11 is 0. The SMILES string of the molecule is CCC1OCCC1CNC(=O)N(C)CC(=O)O. The summed E-state index contributed by atoms with van der Waals surface area (Å²) in [6.45, 7) is 3.05. The third-order valence-electron chi connectivity index (χ3n) is 2.98. The maximum Gasteiger partial charge on any atom is 0.323 e. The Morgan fingerprint density at radius 3 is 2.82 bits per heavy atom. The van der Waals surface area contributed by atoms with E-state index in [4.69, 9.17) is 9.84 Å². The molecule has 2 atom stereocenters. The predicted octanol–water partition coefficient (Wildman–Crippen LogP) is 0.527. The molecule has 1 aliphatic heterocycles. The van der Waals surface area contributed by atoms with Gasteiger partial charge in [0.05, 0.1) is 6.10 Å². The summed E-state index contributed by atoms with van der Waals surface area (Å²) in [7, 11) is 1.46. The zero-order chi connectivity index (χ0) is 12.8. The minimum atomic E-state index is -1.02. The van der Waals surface area contributed by atoms with Crippen LogP contribution in [0.4, 0.5) is 4.79 Å². The smallest absolute Gasteiger partial charge is 0.323 e. The molecular formula is C11H20N2O4. The van der Waals surface area contributed by atoms with E-state index >= 15 is 0 Å². The average Bonchev–Trinajstić information content (AvgIpc) is 2.72. The van der Waals surface area contributed by atoms with Gasteiger partial charge in [-0.05, 0) is 12.8 Å². The molecule has 2 unspecified atom stereocenters. The van der Waals surface area contributed by atoms with E-state index in [1.165, 1.54) is 7.05 Å². The molecule has 1 heterocycles. The highest BCUT2D eigenvalue weighted by Crippen LogP contribution is 2.22. The summed E-state index contributed by atoms with van der Waals surface area (Å²) in [4.78, 5) is 23.1. The number of nitrogens with one attached hydrogen (secondary N) is 1. The molecule has 0 aromatic carbocycles. The summed E-state index contributed by atoms with van der Waals surface area (Å²) in [5.41, 5.74) is 0. The number of hydrogen-bond acceptors (Lipinski definition) is 3. The van der Waals surface area contributed by atoms with Crippen LogP contribution in [0.25, 0.3) is 0 Å². The van der Waals surface area contributed by atoms with Crippen molar-refractivity contribution in [1.82, 2.24) is 10.2 Å². The lowest BCUT2D eigenvalue weighted by Gasteiger charge is -2.20. The van der Waals surface area contributed by atoms with Crippen molar-refractivity contribution in [3.05, 3.63) is 0 Å². The summed E-state index contributed by atoms with van der Waals surface area (Å²) in [5, 5.41) is 11.3. The Hall–Kier alpha value is -1.30. The van der Waals surface area contributed by atoms with Gasteiger partial charge in [0.1, 0.15) is 6.54 Å². The van der Waals surface area contributed by atoms with Crippen molar-refractivity contribution in [3.8, 4) is 0 Å². The topological polar surface area (TPSA) is 78.9 Å². The molecule has 0 aromatic heterocycles. The van der Waals surface area contributed by atoms with Gasteiger partial charge in [-0.25, -0.2) is 4.79 Å². The number of carboxylic acid groups (broad SMARTS) is 1. The summed E-state index contributed by atoms with van der Waals surface area (Å²) in [5.74, 6) is -0.680. The number of amides is 2. The van der Waals surface area contributed by atoms with Crippen LogP contribution < -0.4 is 5.32 Å². The van der Waals surface area contributed by atoms with E-state index in [1.807, 2.05) is 0 Å². The Labute approximate surface area is 101 Å². The molecule has 1 rings (SSSR count). The maximum absolute atomic E-state index is 11.5. The lowest BCUT2D eigenvalue weighted by Crippen LogP contribution is -2.42. The average molecular weight is 244 g/mol. The fourth-order valence-corrected chi connectivity index (χ4v) is 2.01. The molecule has 2 N–H and O–H groups in total. The molecule has 0 bridgehead atoms. The molecule has 0 radical (unpaired) electrons. The molecule has 17 heavy (non-hydrogen) atoms. The van der Waals surface area contributed by atoms with E-state index in [0.717, 1.165) is 24.3 Å². The summed E-state index contributed by atoms with van der Waals surface area (Å²) in [6, 6.07) is -0.353. The first kappa shape index (κ1) is 13.8. The van der Waals surface area contributed by atoms with Gasteiger partial charge in [0, 0.05) is 26.1 Å². The lowest BCUT2D eigenvalue weighted by molar-refractivity contribution is -0.137. The van der Waals surface area contributed by atoms with Crippen molar-refractivity contribution in [2.24, 2.45) is 5.92 Å². The van der Waals surface area contributed by atoms with Crippen LogP contribution in [0.5, 0.6) is 0 Å². The molecular weight excluding hydrogens is 224 g/mol. The molecule has 1 saturated heterocycles. The first-order valence-corrected chi connectivity index (χ1v) is 5.87. The molecule has 98 valence electrons. The summed E-state index contributed by atoms with van der Waals surface area (Å²) < 4.78 is 5.51. The Bertz CT molecular complexity index is 283. The van der Waals surface area contributed by atoms with E-state index in [0.29, 0.717) is 12.5 Å². The van der Waals surface area contributed by atoms with E-state index in [-0.39, 0.29) is 18.7 Å². The standard InChI is InChI=1S/C11H20N2O4/c1-3-9-8(4-5-17-9)6-12-11(16)13(2)7-10(14)15/h8-9H,3-7H2,1-2H3,(H,12,16)(H,14,15). The Kier molecular flexibility index (Phi) is 5.21.